The minimum Gasteiger partial charge on any atom is -0.497 e. The number of furan rings is 1. The van der Waals surface area contributed by atoms with Gasteiger partial charge < -0.3 is 19.0 Å². The number of methoxy groups -OCH3 is 1. The highest BCUT2D eigenvalue weighted by atomic mass is 16.6. The van der Waals surface area contributed by atoms with E-state index in [0.717, 1.165) is 11.6 Å². The lowest BCUT2D eigenvalue weighted by molar-refractivity contribution is -0.402. The fraction of sp³-hybridized carbons (Fsp3) is 0.176. The molecular formula is C17H16N4O5. The molecule has 1 aromatic carbocycles. The molecular weight excluding hydrogens is 340 g/mol. The normalized spacial score (nSPS) is 11.8. The van der Waals surface area contributed by atoms with Crippen molar-refractivity contribution in [3.63, 3.8) is 0 Å². The number of aryl methyl sites for hydroxylation is 1. The first-order valence-corrected chi connectivity index (χ1v) is 7.66. The molecule has 0 bridgehead atoms. The zero-order chi connectivity index (χ0) is 18.7. The molecule has 9 nitrogen and oxygen atoms in total. The van der Waals surface area contributed by atoms with Crippen molar-refractivity contribution >= 4 is 11.8 Å². The molecule has 3 aromatic rings. The second-order valence-electron chi connectivity index (χ2n) is 5.47. The van der Waals surface area contributed by atoms with E-state index < -0.39 is 22.8 Å². The van der Waals surface area contributed by atoms with Crippen LogP contribution in [0.3, 0.4) is 0 Å². The summed E-state index contributed by atoms with van der Waals surface area (Å²) >= 11 is 0. The van der Waals surface area contributed by atoms with Gasteiger partial charge in [-0.1, -0.05) is 12.1 Å². The maximum atomic E-state index is 12.5. The summed E-state index contributed by atoms with van der Waals surface area (Å²) < 4.78 is 11.9. The number of nitrogens with zero attached hydrogens (tertiary/aromatic N) is 3. The Balaban J connectivity index is 1.91. The molecule has 1 atom stereocenters. The molecule has 0 saturated carbocycles. The van der Waals surface area contributed by atoms with Crippen LogP contribution in [-0.2, 0) is 7.05 Å². The Morgan fingerprint density at radius 1 is 1.31 bits per heavy atom. The van der Waals surface area contributed by atoms with Crippen molar-refractivity contribution in [2.75, 3.05) is 7.11 Å². The van der Waals surface area contributed by atoms with Gasteiger partial charge in [0.2, 0.25) is 0 Å². The molecule has 0 saturated heterocycles. The Morgan fingerprint density at radius 2 is 2.04 bits per heavy atom. The average molecular weight is 356 g/mol. The lowest BCUT2D eigenvalue weighted by Gasteiger charge is -2.18. The predicted octanol–water partition coefficient (Wildman–Crippen LogP) is 2.45. The molecule has 26 heavy (non-hydrogen) atoms. The smallest absolute Gasteiger partial charge is 0.433 e. The van der Waals surface area contributed by atoms with Crippen LogP contribution in [0.2, 0.25) is 0 Å². The van der Waals surface area contributed by atoms with Crippen LogP contribution in [-0.4, -0.2) is 27.5 Å². The van der Waals surface area contributed by atoms with Crippen molar-refractivity contribution in [1.29, 1.82) is 0 Å². The number of ether oxygens (including phenoxy) is 1. The molecule has 0 fully saturated rings. The number of carbonyl (C=O) groups excluding carboxylic acids is 1. The van der Waals surface area contributed by atoms with E-state index >= 15 is 0 Å². The Morgan fingerprint density at radius 3 is 2.58 bits per heavy atom. The molecule has 2 heterocycles. The van der Waals surface area contributed by atoms with Gasteiger partial charge in [-0.05, 0) is 23.8 Å². The van der Waals surface area contributed by atoms with Crippen molar-refractivity contribution in [1.82, 2.24) is 14.9 Å². The second kappa shape index (κ2) is 7.09. The van der Waals surface area contributed by atoms with E-state index in [2.05, 4.69) is 10.3 Å². The molecule has 0 aliphatic carbocycles. The van der Waals surface area contributed by atoms with Crippen molar-refractivity contribution < 1.29 is 18.9 Å². The van der Waals surface area contributed by atoms with Crippen LogP contribution in [0.15, 0.2) is 53.2 Å². The third kappa shape index (κ3) is 3.41. The number of aromatic nitrogens is 2. The molecule has 9 heteroatoms. The highest BCUT2D eigenvalue weighted by Crippen LogP contribution is 2.24. The summed E-state index contributed by atoms with van der Waals surface area (Å²) in [4.78, 5) is 26.8. The van der Waals surface area contributed by atoms with E-state index in [1.807, 2.05) is 19.2 Å². The van der Waals surface area contributed by atoms with Crippen LogP contribution in [0.5, 0.6) is 5.75 Å². The summed E-state index contributed by atoms with van der Waals surface area (Å²) in [6.07, 6.45) is 3.38. The zero-order valence-electron chi connectivity index (χ0n) is 14.1. The lowest BCUT2D eigenvalue weighted by Crippen LogP contribution is -2.30. The Hall–Kier alpha value is -3.62. The van der Waals surface area contributed by atoms with Gasteiger partial charge in [-0.15, -0.1) is 0 Å². The van der Waals surface area contributed by atoms with E-state index in [0.29, 0.717) is 11.6 Å². The molecule has 0 aliphatic heterocycles. The van der Waals surface area contributed by atoms with Gasteiger partial charge in [0.15, 0.2) is 5.76 Å². The number of hydrogen-bond donors (Lipinski definition) is 1. The van der Waals surface area contributed by atoms with Crippen molar-refractivity contribution in [3.05, 3.63) is 76.1 Å². The summed E-state index contributed by atoms with van der Waals surface area (Å²) in [6, 6.07) is 8.99. The number of nitrogens with one attached hydrogen (secondary N) is 1. The average Bonchev–Trinajstić information content (AvgIpc) is 3.29. The van der Waals surface area contributed by atoms with E-state index in [4.69, 9.17) is 9.15 Å². The number of imidazole rings is 1. The topological polar surface area (TPSA) is 112 Å². The molecule has 3 rings (SSSR count). The molecule has 134 valence electrons. The van der Waals surface area contributed by atoms with Gasteiger partial charge >= 0.3 is 5.88 Å². The molecule has 1 N–H and O–H groups in total. The van der Waals surface area contributed by atoms with Crippen molar-refractivity contribution in [3.8, 4) is 5.75 Å². The first-order chi connectivity index (χ1) is 12.5. The van der Waals surface area contributed by atoms with Gasteiger partial charge in [0, 0.05) is 19.4 Å². The number of carbonyl (C=O) groups is 1. The zero-order valence-corrected chi connectivity index (χ0v) is 14.1. The van der Waals surface area contributed by atoms with Gasteiger partial charge in [0.1, 0.15) is 22.5 Å². The number of hydrogen-bond acceptors (Lipinski definition) is 6. The highest BCUT2D eigenvalue weighted by molar-refractivity contribution is 5.92. The third-order valence-electron chi connectivity index (χ3n) is 3.84. The quantitative estimate of drug-likeness (QED) is 0.536. The second-order valence-corrected chi connectivity index (χ2v) is 5.47. The summed E-state index contributed by atoms with van der Waals surface area (Å²) in [5.74, 6) is 0.0596. The molecule has 1 amide bonds. The van der Waals surface area contributed by atoms with Gasteiger partial charge in [-0.2, -0.15) is 0 Å². The first-order valence-electron chi connectivity index (χ1n) is 7.66. The van der Waals surface area contributed by atoms with Crippen LogP contribution < -0.4 is 10.1 Å². The van der Waals surface area contributed by atoms with Gasteiger partial charge in [-0.25, -0.2) is 4.98 Å². The van der Waals surface area contributed by atoms with Gasteiger partial charge in [0.05, 0.1) is 13.2 Å². The Bertz CT molecular complexity index is 929. The molecule has 1 unspecified atom stereocenters. The van der Waals surface area contributed by atoms with E-state index in [-0.39, 0.29) is 5.76 Å². The van der Waals surface area contributed by atoms with E-state index in [1.54, 1.807) is 36.2 Å². The van der Waals surface area contributed by atoms with Crippen LogP contribution in [0, 0.1) is 10.1 Å². The summed E-state index contributed by atoms with van der Waals surface area (Å²) in [5.41, 5.74) is 0.773. The Labute approximate surface area is 148 Å². The van der Waals surface area contributed by atoms with Crippen LogP contribution in [0.1, 0.15) is 28.0 Å². The maximum Gasteiger partial charge on any atom is 0.433 e. The fourth-order valence-electron chi connectivity index (χ4n) is 2.50. The number of benzene rings is 1. The molecule has 0 radical (unpaired) electrons. The Kier molecular flexibility index (Phi) is 4.70. The number of rotatable bonds is 6. The maximum absolute atomic E-state index is 12.5. The van der Waals surface area contributed by atoms with Gasteiger partial charge in [0.25, 0.3) is 5.91 Å². The van der Waals surface area contributed by atoms with E-state index in [1.165, 1.54) is 6.07 Å². The third-order valence-corrected chi connectivity index (χ3v) is 3.84. The molecule has 0 aliphatic rings. The molecule has 2 aromatic heterocycles. The SMILES string of the molecule is COc1ccc(C(NC(=O)c2ccc([N+](=O)[O-])o2)c2nccn2C)cc1. The minimum absolute atomic E-state index is 0.149. The highest BCUT2D eigenvalue weighted by Gasteiger charge is 2.24. The largest absolute Gasteiger partial charge is 0.497 e. The number of amides is 1. The standard InChI is InChI=1S/C17H16N4O5/c1-20-10-9-18-16(20)15(11-3-5-12(25-2)6-4-11)19-17(22)13-7-8-14(26-13)21(23)24/h3-10,15H,1-2H3,(H,19,22). The van der Waals surface area contributed by atoms with Crippen LogP contribution >= 0.6 is 0 Å². The summed E-state index contributed by atoms with van der Waals surface area (Å²) in [5, 5.41) is 13.5. The van der Waals surface area contributed by atoms with Crippen molar-refractivity contribution in [2.45, 2.75) is 6.04 Å². The van der Waals surface area contributed by atoms with Gasteiger partial charge in [-0.3, -0.25) is 14.9 Å². The lowest BCUT2D eigenvalue weighted by atomic mass is 10.1. The molecule has 0 spiro atoms. The number of nitro groups is 1. The van der Waals surface area contributed by atoms with Crippen molar-refractivity contribution in [2.24, 2.45) is 7.05 Å². The summed E-state index contributed by atoms with van der Waals surface area (Å²) in [6.45, 7) is 0. The summed E-state index contributed by atoms with van der Waals surface area (Å²) in [7, 11) is 3.37. The monoisotopic (exact) mass is 356 g/mol. The van der Waals surface area contributed by atoms with Crippen LogP contribution in [0.25, 0.3) is 0 Å². The fourth-order valence-corrected chi connectivity index (χ4v) is 2.50. The van der Waals surface area contributed by atoms with E-state index in [9.17, 15) is 14.9 Å². The predicted molar refractivity (Wildman–Crippen MR) is 90.9 cm³/mol. The van der Waals surface area contributed by atoms with Crippen LogP contribution in [0.4, 0.5) is 5.88 Å². The minimum atomic E-state index is -0.698. The first kappa shape index (κ1) is 17.2.